The van der Waals surface area contributed by atoms with E-state index >= 15 is 0 Å². The minimum atomic E-state index is 1.03. The van der Waals surface area contributed by atoms with Gasteiger partial charge >= 0.3 is 0 Å². The van der Waals surface area contributed by atoms with Crippen LogP contribution in [0.1, 0.15) is 11.3 Å². The summed E-state index contributed by atoms with van der Waals surface area (Å²) < 4.78 is 2.21. The summed E-state index contributed by atoms with van der Waals surface area (Å²) in [6.07, 6.45) is 9.48. The van der Waals surface area contributed by atoms with Gasteiger partial charge in [-0.05, 0) is 29.3 Å². The standard InChI is InChI=1S/C22H18N3/c1-25-21(13-11-19-4-2-3-5-22(19)25)12-8-17-6-9-18(10-7-17)20-14-23-16-24-15-20/h2-16H,1H3/q+1. The molecule has 3 nitrogen and oxygen atoms in total. The van der Waals surface area contributed by atoms with Crippen molar-refractivity contribution in [3.8, 4) is 11.1 Å². The molecule has 0 atom stereocenters. The predicted octanol–water partition coefficient (Wildman–Crippen LogP) is 4.29. The fourth-order valence-corrected chi connectivity index (χ4v) is 2.94. The second-order valence-corrected chi connectivity index (χ2v) is 5.96. The first-order chi connectivity index (χ1) is 12.3. The Balaban J connectivity index is 1.61. The maximum Gasteiger partial charge on any atom is 0.212 e. The molecule has 0 unspecified atom stereocenters. The summed E-state index contributed by atoms with van der Waals surface area (Å²) in [5, 5.41) is 1.25. The molecule has 25 heavy (non-hydrogen) atoms. The normalized spacial score (nSPS) is 11.2. The fourth-order valence-electron chi connectivity index (χ4n) is 2.94. The van der Waals surface area contributed by atoms with E-state index in [1.54, 1.807) is 6.33 Å². The second kappa shape index (κ2) is 6.65. The summed E-state index contributed by atoms with van der Waals surface area (Å²) >= 11 is 0. The topological polar surface area (TPSA) is 29.7 Å². The molecule has 0 spiro atoms. The summed E-state index contributed by atoms with van der Waals surface area (Å²) in [7, 11) is 2.10. The number of hydrogen-bond acceptors (Lipinski definition) is 2. The Kier molecular flexibility index (Phi) is 4.05. The van der Waals surface area contributed by atoms with Crippen molar-refractivity contribution >= 4 is 23.1 Å². The average molecular weight is 324 g/mol. The Morgan fingerprint density at radius 3 is 2.32 bits per heavy atom. The van der Waals surface area contributed by atoms with E-state index in [1.807, 2.05) is 12.4 Å². The molecule has 0 N–H and O–H groups in total. The summed E-state index contributed by atoms with van der Waals surface area (Å²) in [5.74, 6) is 0. The molecule has 4 rings (SSSR count). The third-order valence-electron chi connectivity index (χ3n) is 4.37. The van der Waals surface area contributed by atoms with Gasteiger partial charge in [0.05, 0.1) is 0 Å². The van der Waals surface area contributed by atoms with Gasteiger partial charge in [-0.15, -0.1) is 0 Å². The molecule has 0 saturated heterocycles. The van der Waals surface area contributed by atoms with Crippen molar-refractivity contribution in [2.24, 2.45) is 7.05 Å². The molecule has 0 fully saturated rings. The van der Waals surface area contributed by atoms with E-state index in [4.69, 9.17) is 0 Å². The van der Waals surface area contributed by atoms with Gasteiger partial charge < -0.3 is 0 Å². The molecule has 0 aliphatic carbocycles. The van der Waals surface area contributed by atoms with Crippen LogP contribution in [0, 0.1) is 0 Å². The first kappa shape index (κ1) is 15.2. The molecule has 0 saturated carbocycles. The Bertz CT molecular complexity index is 1040. The second-order valence-electron chi connectivity index (χ2n) is 5.96. The number of pyridine rings is 1. The molecule has 0 radical (unpaired) electrons. The minimum Gasteiger partial charge on any atom is -0.244 e. The van der Waals surface area contributed by atoms with Gasteiger partial charge in [-0.1, -0.05) is 36.4 Å². The van der Waals surface area contributed by atoms with Crippen molar-refractivity contribution in [1.82, 2.24) is 9.97 Å². The molecule has 0 aliphatic rings. The lowest BCUT2D eigenvalue weighted by atomic mass is 10.1. The van der Waals surface area contributed by atoms with Crippen LogP contribution in [0.2, 0.25) is 0 Å². The summed E-state index contributed by atoms with van der Waals surface area (Å²) in [6.45, 7) is 0. The number of rotatable bonds is 3. The van der Waals surface area contributed by atoms with E-state index in [-0.39, 0.29) is 0 Å². The Hall–Kier alpha value is -3.33. The van der Waals surface area contributed by atoms with Gasteiger partial charge in [0, 0.05) is 41.6 Å². The summed E-state index contributed by atoms with van der Waals surface area (Å²) in [6, 6.07) is 21.1. The van der Waals surface area contributed by atoms with Crippen LogP contribution in [0.4, 0.5) is 0 Å². The molecular formula is C22H18N3+. The van der Waals surface area contributed by atoms with Crippen molar-refractivity contribution in [3.63, 3.8) is 0 Å². The lowest BCUT2D eigenvalue weighted by Gasteiger charge is -2.01. The van der Waals surface area contributed by atoms with Crippen LogP contribution in [0.25, 0.3) is 34.2 Å². The van der Waals surface area contributed by atoms with Crippen LogP contribution in [0.5, 0.6) is 0 Å². The van der Waals surface area contributed by atoms with Gasteiger partial charge in [0.2, 0.25) is 11.2 Å². The monoisotopic (exact) mass is 324 g/mol. The molecule has 4 aromatic rings. The Morgan fingerprint density at radius 1 is 0.760 bits per heavy atom. The van der Waals surface area contributed by atoms with E-state index in [1.165, 1.54) is 16.6 Å². The van der Waals surface area contributed by atoms with Crippen molar-refractivity contribution in [1.29, 1.82) is 0 Å². The van der Waals surface area contributed by atoms with Gasteiger partial charge in [0.15, 0.2) is 0 Å². The molecule has 2 aromatic heterocycles. The molecule has 0 bridgehead atoms. The van der Waals surface area contributed by atoms with E-state index in [2.05, 4.69) is 94.4 Å². The van der Waals surface area contributed by atoms with Gasteiger partial charge in [0.25, 0.3) is 0 Å². The number of benzene rings is 2. The van der Waals surface area contributed by atoms with Crippen LogP contribution in [-0.4, -0.2) is 9.97 Å². The van der Waals surface area contributed by atoms with Gasteiger partial charge in [-0.2, -0.15) is 4.57 Å². The predicted molar refractivity (Wildman–Crippen MR) is 102 cm³/mol. The van der Waals surface area contributed by atoms with Gasteiger partial charge in [0.1, 0.15) is 13.4 Å². The lowest BCUT2D eigenvalue weighted by molar-refractivity contribution is -0.646. The van der Waals surface area contributed by atoms with E-state index in [0.717, 1.165) is 16.7 Å². The Labute approximate surface area is 147 Å². The van der Waals surface area contributed by atoms with Crippen LogP contribution in [0.15, 0.2) is 79.4 Å². The SMILES string of the molecule is C[n+]1c(/C=C/c2ccc(-c3cncnc3)cc2)ccc2ccccc21. The van der Waals surface area contributed by atoms with Crippen molar-refractivity contribution in [2.45, 2.75) is 0 Å². The van der Waals surface area contributed by atoms with Gasteiger partial charge in [-0.3, -0.25) is 0 Å². The lowest BCUT2D eigenvalue weighted by Crippen LogP contribution is -2.32. The number of hydrogen-bond donors (Lipinski definition) is 0. The van der Waals surface area contributed by atoms with Crippen molar-refractivity contribution in [2.75, 3.05) is 0 Å². The molecule has 2 aromatic carbocycles. The molecule has 0 amide bonds. The fraction of sp³-hybridized carbons (Fsp3) is 0.0455. The van der Waals surface area contributed by atoms with Crippen molar-refractivity contribution < 1.29 is 4.57 Å². The van der Waals surface area contributed by atoms with Crippen LogP contribution in [0.3, 0.4) is 0 Å². The zero-order valence-corrected chi connectivity index (χ0v) is 14.0. The largest absolute Gasteiger partial charge is 0.244 e. The average Bonchev–Trinajstić information content (AvgIpc) is 2.69. The van der Waals surface area contributed by atoms with Crippen LogP contribution < -0.4 is 4.57 Å². The summed E-state index contributed by atoms with van der Waals surface area (Å²) in [5.41, 5.74) is 5.70. The number of para-hydroxylation sites is 1. The highest BCUT2D eigenvalue weighted by Gasteiger charge is 2.08. The van der Waals surface area contributed by atoms with Gasteiger partial charge in [-0.25, -0.2) is 9.97 Å². The zero-order valence-electron chi connectivity index (χ0n) is 14.0. The van der Waals surface area contributed by atoms with Crippen LogP contribution >= 0.6 is 0 Å². The Morgan fingerprint density at radius 2 is 1.52 bits per heavy atom. The number of aromatic nitrogens is 3. The number of nitrogens with zero attached hydrogens (tertiary/aromatic N) is 3. The van der Waals surface area contributed by atoms with Crippen molar-refractivity contribution in [3.05, 3.63) is 90.6 Å². The first-order valence-corrected chi connectivity index (χ1v) is 8.22. The summed E-state index contributed by atoms with van der Waals surface area (Å²) in [4.78, 5) is 8.13. The number of fused-ring (bicyclic) bond motifs is 1. The first-order valence-electron chi connectivity index (χ1n) is 8.22. The molecule has 120 valence electrons. The minimum absolute atomic E-state index is 1.03. The number of aryl methyl sites for hydroxylation is 1. The quantitative estimate of drug-likeness (QED) is 0.526. The third-order valence-corrected chi connectivity index (χ3v) is 4.37. The maximum absolute atomic E-state index is 4.07. The van der Waals surface area contributed by atoms with E-state index in [0.29, 0.717) is 0 Å². The smallest absolute Gasteiger partial charge is 0.212 e. The highest BCUT2D eigenvalue weighted by molar-refractivity contribution is 5.77. The van der Waals surface area contributed by atoms with E-state index in [9.17, 15) is 0 Å². The molecule has 2 heterocycles. The molecular weight excluding hydrogens is 306 g/mol. The highest BCUT2D eigenvalue weighted by Crippen LogP contribution is 2.18. The highest BCUT2D eigenvalue weighted by atomic mass is 14.9. The third kappa shape index (κ3) is 3.17. The molecule has 3 heteroatoms. The van der Waals surface area contributed by atoms with Crippen LogP contribution in [-0.2, 0) is 7.05 Å². The molecule has 0 aliphatic heterocycles. The zero-order chi connectivity index (χ0) is 17.1. The van der Waals surface area contributed by atoms with E-state index < -0.39 is 0 Å². The maximum atomic E-state index is 4.07.